The molecule has 4 aliphatic carbocycles. The monoisotopic (exact) mass is 383 g/mol. The average molecular weight is 384 g/mol. The van der Waals surface area contributed by atoms with E-state index in [1.807, 2.05) is 0 Å². The van der Waals surface area contributed by atoms with Crippen molar-refractivity contribution < 1.29 is 9.16 Å². The minimum atomic E-state index is -0.819. The topological polar surface area (TPSA) is 18.5 Å². The van der Waals surface area contributed by atoms with Gasteiger partial charge in [0.2, 0.25) is 0 Å². The zero-order chi connectivity index (χ0) is 19.2. The van der Waals surface area contributed by atoms with Crippen molar-refractivity contribution in [3.8, 4) is 5.75 Å². The lowest BCUT2D eigenvalue weighted by atomic mass is 9.54. The summed E-state index contributed by atoms with van der Waals surface area (Å²) < 4.78 is 12.5. The molecule has 0 N–H and O–H groups in total. The zero-order valence-corrected chi connectivity index (χ0v) is 18.7. The summed E-state index contributed by atoms with van der Waals surface area (Å²) in [5.74, 6) is 4.68. The molecule has 4 aliphatic rings. The molecule has 5 rings (SSSR count). The SMILES string of the molecule is C[Si](C)Oc1c(COC=C2C3CC4CC(C3)CC2C4)cccc1C(C)(C)C. The largest absolute Gasteiger partial charge is 0.542 e. The van der Waals surface area contributed by atoms with Crippen LogP contribution >= 0.6 is 0 Å². The van der Waals surface area contributed by atoms with Crippen LogP contribution in [0.5, 0.6) is 5.75 Å². The lowest BCUT2D eigenvalue weighted by molar-refractivity contribution is 0.0631. The molecule has 0 saturated heterocycles. The van der Waals surface area contributed by atoms with Gasteiger partial charge >= 0.3 is 0 Å². The normalized spacial score (nSPS) is 29.3. The Kier molecular flexibility index (Phi) is 5.17. The van der Waals surface area contributed by atoms with E-state index in [-0.39, 0.29) is 5.41 Å². The molecule has 0 spiro atoms. The van der Waals surface area contributed by atoms with Crippen LogP contribution in [0.3, 0.4) is 0 Å². The summed E-state index contributed by atoms with van der Waals surface area (Å²) in [6, 6.07) is 6.53. The number of ether oxygens (including phenoxy) is 1. The highest BCUT2D eigenvalue weighted by atomic mass is 28.3. The molecule has 1 aromatic rings. The highest BCUT2D eigenvalue weighted by molar-refractivity contribution is 6.49. The molecule has 0 heterocycles. The Labute approximate surface area is 167 Å². The van der Waals surface area contributed by atoms with Gasteiger partial charge < -0.3 is 9.16 Å². The van der Waals surface area contributed by atoms with E-state index in [2.05, 4.69) is 58.3 Å². The molecule has 2 nitrogen and oxygen atoms in total. The molecule has 4 bridgehead atoms. The summed E-state index contributed by atoms with van der Waals surface area (Å²) in [7, 11) is -0.819. The molecule has 0 aromatic heterocycles. The van der Waals surface area contributed by atoms with Gasteiger partial charge in [-0.1, -0.05) is 39.0 Å². The number of hydrogen-bond acceptors (Lipinski definition) is 2. The predicted molar refractivity (Wildman–Crippen MR) is 113 cm³/mol. The van der Waals surface area contributed by atoms with Crippen LogP contribution in [0.1, 0.15) is 64.0 Å². The molecule has 1 radical (unpaired) electrons. The molecule has 0 amide bonds. The van der Waals surface area contributed by atoms with Gasteiger partial charge in [0.15, 0.2) is 0 Å². The van der Waals surface area contributed by atoms with Gasteiger partial charge in [-0.3, -0.25) is 0 Å². The number of allylic oxidation sites excluding steroid dienone is 1. The van der Waals surface area contributed by atoms with Crippen molar-refractivity contribution in [2.45, 2.75) is 78.0 Å². The average Bonchev–Trinajstić information content (AvgIpc) is 2.56. The van der Waals surface area contributed by atoms with Gasteiger partial charge in [0.1, 0.15) is 12.4 Å². The van der Waals surface area contributed by atoms with Gasteiger partial charge in [0, 0.05) is 5.56 Å². The third kappa shape index (κ3) is 3.99. The maximum Gasteiger partial charge on any atom is 0.274 e. The smallest absolute Gasteiger partial charge is 0.274 e. The first-order valence-electron chi connectivity index (χ1n) is 10.7. The predicted octanol–water partition coefficient (Wildman–Crippen LogP) is 6.47. The van der Waals surface area contributed by atoms with Gasteiger partial charge in [0.05, 0.1) is 6.26 Å². The standard InChI is InChI=1S/C24H35O2Si/c1-24(2,3)22-8-6-7-18(23(22)26-27(4)5)14-25-15-21-19-10-16-9-17(12-19)13-20(21)11-16/h6-8,15-17,19-20H,9-14H2,1-5H3. The van der Waals surface area contributed by atoms with E-state index < -0.39 is 9.04 Å². The van der Waals surface area contributed by atoms with E-state index in [4.69, 9.17) is 9.16 Å². The summed E-state index contributed by atoms with van der Waals surface area (Å²) >= 11 is 0. The molecule has 0 atom stereocenters. The van der Waals surface area contributed by atoms with Gasteiger partial charge in [-0.15, -0.1) is 0 Å². The van der Waals surface area contributed by atoms with E-state index >= 15 is 0 Å². The first kappa shape index (κ1) is 19.1. The minimum Gasteiger partial charge on any atom is -0.542 e. The lowest BCUT2D eigenvalue weighted by Crippen LogP contribution is -2.40. The fourth-order valence-corrected chi connectivity index (χ4v) is 6.41. The molecule has 0 unspecified atom stereocenters. The first-order valence-corrected chi connectivity index (χ1v) is 13.1. The number of benzene rings is 1. The van der Waals surface area contributed by atoms with Crippen molar-refractivity contribution in [1.82, 2.24) is 0 Å². The van der Waals surface area contributed by atoms with Gasteiger partial charge in [0.25, 0.3) is 9.04 Å². The van der Waals surface area contributed by atoms with Crippen LogP contribution in [0.15, 0.2) is 30.0 Å². The van der Waals surface area contributed by atoms with E-state index in [0.717, 1.165) is 29.4 Å². The van der Waals surface area contributed by atoms with E-state index in [0.29, 0.717) is 6.61 Å². The van der Waals surface area contributed by atoms with Crippen LogP contribution in [-0.4, -0.2) is 9.04 Å². The maximum atomic E-state index is 6.34. The van der Waals surface area contributed by atoms with E-state index in [1.54, 1.807) is 5.57 Å². The Hall–Kier alpha value is -1.22. The number of para-hydroxylation sites is 1. The highest BCUT2D eigenvalue weighted by Crippen LogP contribution is 2.56. The number of hydrogen-bond donors (Lipinski definition) is 0. The molecular formula is C24H35O2Si. The second kappa shape index (κ2) is 7.31. The first-order chi connectivity index (χ1) is 12.8. The fraction of sp³-hybridized carbons (Fsp3) is 0.667. The van der Waals surface area contributed by atoms with Crippen molar-refractivity contribution in [2.75, 3.05) is 0 Å². The molecule has 147 valence electrons. The summed E-state index contributed by atoms with van der Waals surface area (Å²) in [6.07, 6.45) is 9.28. The van der Waals surface area contributed by atoms with Crippen LogP contribution in [0.25, 0.3) is 0 Å². The van der Waals surface area contributed by atoms with Crippen molar-refractivity contribution in [1.29, 1.82) is 0 Å². The van der Waals surface area contributed by atoms with Crippen molar-refractivity contribution >= 4 is 9.04 Å². The van der Waals surface area contributed by atoms with Gasteiger partial charge in [-0.25, -0.2) is 0 Å². The van der Waals surface area contributed by atoms with Crippen LogP contribution in [0, 0.1) is 23.7 Å². The third-order valence-corrected chi connectivity index (χ3v) is 7.36. The second-order valence-corrected chi connectivity index (χ2v) is 12.3. The summed E-state index contributed by atoms with van der Waals surface area (Å²) in [4.78, 5) is 0. The zero-order valence-electron chi connectivity index (χ0n) is 17.7. The Morgan fingerprint density at radius 2 is 1.63 bits per heavy atom. The lowest BCUT2D eigenvalue weighted by Gasteiger charge is -2.51. The Balaban J connectivity index is 1.51. The summed E-state index contributed by atoms with van der Waals surface area (Å²) in [5.41, 5.74) is 4.17. The van der Waals surface area contributed by atoms with Crippen LogP contribution in [-0.2, 0) is 16.8 Å². The Bertz CT molecular complexity index is 684. The molecule has 0 aliphatic heterocycles. The highest BCUT2D eigenvalue weighted by Gasteiger charge is 2.45. The molecule has 1 aromatic carbocycles. The minimum absolute atomic E-state index is 0.0720. The summed E-state index contributed by atoms with van der Waals surface area (Å²) in [6.45, 7) is 11.8. The van der Waals surface area contributed by atoms with Gasteiger partial charge in [-0.05, 0) is 85.4 Å². The molecule has 4 saturated carbocycles. The molecule has 4 fully saturated rings. The summed E-state index contributed by atoms with van der Waals surface area (Å²) in [5, 5.41) is 0. The van der Waals surface area contributed by atoms with Crippen molar-refractivity contribution in [2.24, 2.45) is 23.7 Å². The van der Waals surface area contributed by atoms with Crippen molar-refractivity contribution in [3.05, 3.63) is 41.2 Å². The van der Waals surface area contributed by atoms with Gasteiger partial charge in [-0.2, -0.15) is 0 Å². The molecule has 3 heteroatoms. The van der Waals surface area contributed by atoms with Crippen molar-refractivity contribution in [3.63, 3.8) is 0 Å². The number of rotatable bonds is 5. The maximum absolute atomic E-state index is 6.34. The molecule has 27 heavy (non-hydrogen) atoms. The second-order valence-electron chi connectivity index (χ2n) is 10.3. The van der Waals surface area contributed by atoms with Crippen LogP contribution < -0.4 is 4.43 Å². The Morgan fingerprint density at radius 3 is 2.19 bits per heavy atom. The third-order valence-electron chi connectivity index (χ3n) is 6.75. The van der Waals surface area contributed by atoms with Crippen LogP contribution in [0.4, 0.5) is 0 Å². The molecular weight excluding hydrogens is 348 g/mol. The van der Waals surface area contributed by atoms with Crippen LogP contribution in [0.2, 0.25) is 13.1 Å². The quantitative estimate of drug-likeness (QED) is 0.428. The van der Waals surface area contributed by atoms with E-state index in [1.165, 1.54) is 43.2 Å². The van der Waals surface area contributed by atoms with E-state index in [9.17, 15) is 0 Å². The fourth-order valence-electron chi connectivity index (χ4n) is 5.76. The Morgan fingerprint density at radius 1 is 1.00 bits per heavy atom.